The molecule has 0 aromatic rings. The van der Waals surface area contributed by atoms with Crippen molar-refractivity contribution >= 4 is 17.6 Å². The van der Waals surface area contributed by atoms with E-state index >= 15 is 0 Å². The molecule has 0 saturated heterocycles. The van der Waals surface area contributed by atoms with E-state index in [4.69, 9.17) is 23.8 Å². The molecule has 50 valence electrons. The van der Waals surface area contributed by atoms with Crippen LogP contribution in [0.15, 0.2) is 0 Å². The first-order valence-corrected chi connectivity index (χ1v) is 2.68. The number of hydrogen-bond acceptors (Lipinski definition) is 4. The summed E-state index contributed by atoms with van der Waals surface area (Å²) in [6.45, 7) is -0.250. The Labute approximate surface area is 48.2 Å². The Morgan fingerprint density at radius 3 is 1.88 bits per heavy atom. The van der Waals surface area contributed by atoms with Crippen molar-refractivity contribution < 1.29 is 23.8 Å². The zero-order valence-electron chi connectivity index (χ0n) is 3.81. The van der Waals surface area contributed by atoms with E-state index in [-0.39, 0.29) is 6.47 Å². The smallest absolute Gasteiger partial charge is 0.290 e. The lowest BCUT2D eigenvalue weighted by Gasteiger charge is -1.92. The fourth-order valence-corrected chi connectivity index (χ4v) is 0. The average molecular weight is 141 g/mol. The maximum absolute atomic E-state index is 9.12. The minimum atomic E-state index is -2.27. The molecule has 0 amide bonds. The summed E-state index contributed by atoms with van der Waals surface area (Å²) >= 11 is -2.27. The van der Waals surface area contributed by atoms with Crippen molar-refractivity contribution in [1.29, 1.82) is 0 Å². The topological polar surface area (TPSA) is 97.7 Å². The van der Waals surface area contributed by atoms with Crippen molar-refractivity contribution in [2.75, 3.05) is 5.94 Å². The van der Waals surface area contributed by atoms with Crippen LogP contribution in [0.3, 0.4) is 0 Å². The van der Waals surface area contributed by atoms with Crippen molar-refractivity contribution in [3.05, 3.63) is 0 Å². The Balaban J connectivity index is 0. The number of aliphatic hydroxyl groups is 1. The van der Waals surface area contributed by atoms with E-state index in [0.717, 1.165) is 0 Å². The van der Waals surface area contributed by atoms with Gasteiger partial charge in [0.05, 0.1) is 0 Å². The number of carbonyl (C=O) groups is 1. The molecule has 0 spiro atoms. The fraction of sp³-hybridized carbons (Fsp3) is 0.500. The van der Waals surface area contributed by atoms with Crippen LogP contribution in [0.5, 0.6) is 0 Å². The van der Waals surface area contributed by atoms with Gasteiger partial charge in [-0.15, -0.1) is 0 Å². The predicted octanol–water partition coefficient (Wildman–Crippen LogP) is -1.48. The van der Waals surface area contributed by atoms with Crippen LogP contribution in [0.25, 0.3) is 0 Å². The molecule has 0 saturated carbocycles. The van der Waals surface area contributed by atoms with Gasteiger partial charge in [0.1, 0.15) is 5.94 Å². The molecule has 0 heterocycles. The minimum Gasteiger partial charge on any atom is -0.771 e. The second-order valence-electron chi connectivity index (χ2n) is 0.538. The Hall–Kier alpha value is -0.460. The normalized spacial score (nSPS) is 10.8. The molecule has 6 heteroatoms. The summed E-state index contributed by atoms with van der Waals surface area (Å²) in [4.78, 5) is 8.36. The number of aliphatic hydroxyl groups excluding tert-OH is 1. The summed E-state index contributed by atoms with van der Waals surface area (Å²) in [5.74, 6) is -0.778. The second-order valence-corrected chi connectivity index (χ2v) is 1.40. The van der Waals surface area contributed by atoms with Gasteiger partial charge in [-0.25, -0.2) is 0 Å². The van der Waals surface area contributed by atoms with Gasteiger partial charge in [-0.05, 0) is 11.1 Å². The monoisotopic (exact) mass is 141 g/mol. The van der Waals surface area contributed by atoms with Gasteiger partial charge in [-0.1, -0.05) is 0 Å². The molecule has 0 rings (SSSR count). The van der Waals surface area contributed by atoms with Gasteiger partial charge in [0, 0.05) is 0 Å². The summed E-state index contributed by atoms with van der Waals surface area (Å²) in [7, 11) is 0. The quantitative estimate of drug-likeness (QED) is 0.342. The zero-order chi connectivity index (χ0) is 6.99. The third-order valence-electron chi connectivity index (χ3n) is 0.105. The molecule has 0 bridgehead atoms. The summed E-state index contributed by atoms with van der Waals surface area (Å²) in [5.41, 5.74) is 0. The molecule has 0 radical (unpaired) electrons. The van der Waals surface area contributed by atoms with Crippen LogP contribution >= 0.6 is 0 Å². The van der Waals surface area contributed by atoms with Crippen LogP contribution in [0.4, 0.5) is 0 Å². The molecule has 8 heavy (non-hydrogen) atoms. The first kappa shape index (κ1) is 10.5. The van der Waals surface area contributed by atoms with E-state index in [2.05, 4.69) is 0 Å². The van der Waals surface area contributed by atoms with Crippen molar-refractivity contribution in [2.45, 2.75) is 0 Å². The highest BCUT2D eigenvalue weighted by Crippen LogP contribution is 1.58. The highest BCUT2D eigenvalue weighted by molar-refractivity contribution is 7.78. The number of carboxylic acid groups (broad SMARTS) is 1. The SMILES string of the molecule is O=CO.O=S([O-])CO. The van der Waals surface area contributed by atoms with Crippen LogP contribution in [0.2, 0.25) is 0 Å². The molecular formula is C2H5O5S-. The number of rotatable bonds is 1. The Morgan fingerprint density at radius 1 is 1.75 bits per heavy atom. The molecule has 0 aliphatic heterocycles. The Kier molecular flexibility index (Phi) is 12.8. The van der Waals surface area contributed by atoms with Crippen LogP contribution < -0.4 is 0 Å². The third-order valence-corrected chi connectivity index (χ3v) is 0.316. The summed E-state index contributed by atoms with van der Waals surface area (Å²) in [6.07, 6.45) is 0. The van der Waals surface area contributed by atoms with Crippen molar-refractivity contribution in [3.63, 3.8) is 0 Å². The molecule has 0 aromatic heterocycles. The minimum absolute atomic E-state index is 0.250. The lowest BCUT2D eigenvalue weighted by Crippen LogP contribution is -1.90. The second kappa shape index (κ2) is 9.74. The average Bonchev–Trinajstić information content (AvgIpc) is 1.69. The van der Waals surface area contributed by atoms with Gasteiger partial charge in [-0.2, -0.15) is 0 Å². The molecular weight excluding hydrogens is 136 g/mol. The molecule has 1 atom stereocenters. The van der Waals surface area contributed by atoms with Crippen LogP contribution in [-0.2, 0) is 15.9 Å². The highest BCUT2D eigenvalue weighted by Gasteiger charge is 1.63. The molecule has 0 aliphatic rings. The van der Waals surface area contributed by atoms with E-state index in [9.17, 15) is 0 Å². The highest BCUT2D eigenvalue weighted by atomic mass is 32.2. The van der Waals surface area contributed by atoms with Crippen molar-refractivity contribution in [2.24, 2.45) is 0 Å². The summed E-state index contributed by atoms with van der Waals surface area (Å²) in [6, 6.07) is 0. The van der Waals surface area contributed by atoms with Gasteiger partial charge >= 0.3 is 0 Å². The molecule has 0 aromatic carbocycles. The van der Waals surface area contributed by atoms with Crippen LogP contribution in [-0.4, -0.2) is 31.4 Å². The molecule has 0 aliphatic carbocycles. The van der Waals surface area contributed by atoms with Gasteiger partial charge in [-0.3, -0.25) is 9.00 Å². The van der Waals surface area contributed by atoms with Crippen molar-refractivity contribution in [1.82, 2.24) is 0 Å². The molecule has 5 nitrogen and oxygen atoms in total. The Morgan fingerprint density at radius 2 is 1.88 bits per heavy atom. The van der Waals surface area contributed by atoms with E-state index in [0.29, 0.717) is 0 Å². The maximum atomic E-state index is 9.12. The first-order chi connectivity index (χ1) is 3.68. The molecule has 2 N–H and O–H groups in total. The van der Waals surface area contributed by atoms with E-state index in [1.54, 1.807) is 0 Å². The first-order valence-electron chi connectivity index (χ1n) is 1.43. The van der Waals surface area contributed by atoms with E-state index in [1.807, 2.05) is 0 Å². The fourth-order valence-electron chi connectivity index (χ4n) is 0. The standard InChI is InChI=1S/CH4O3S.CH2O2/c2-1-5(3)4;2-1-3/h2H,1H2,(H,3,4);1H,(H,2,3)/p-1. The van der Waals surface area contributed by atoms with Crippen molar-refractivity contribution in [3.8, 4) is 0 Å². The van der Waals surface area contributed by atoms with Gasteiger partial charge in [0.25, 0.3) is 6.47 Å². The molecule has 0 fully saturated rings. The lowest BCUT2D eigenvalue weighted by atomic mass is 11.7. The van der Waals surface area contributed by atoms with E-state index in [1.165, 1.54) is 0 Å². The van der Waals surface area contributed by atoms with Crippen LogP contribution in [0.1, 0.15) is 0 Å². The maximum Gasteiger partial charge on any atom is 0.290 e. The Bertz CT molecular complexity index is 70.8. The number of hydrogen-bond donors (Lipinski definition) is 2. The summed E-state index contributed by atoms with van der Waals surface area (Å²) in [5, 5.41) is 14.4. The zero-order valence-corrected chi connectivity index (χ0v) is 4.63. The van der Waals surface area contributed by atoms with Gasteiger partial charge in [0.15, 0.2) is 0 Å². The lowest BCUT2D eigenvalue weighted by molar-refractivity contribution is -0.122. The van der Waals surface area contributed by atoms with Gasteiger partial charge in [0.2, 0.25) is 0 Å². The predicted molar refractivity (Wildman–Crippen MR) is 24.7 cm³/mol. The third kappa shape index (κ3) is 48.1. The molecule has 1 unspecified atom stereocenters. The van der Waals surface area contributed by atoms with Crippen LogP contribution in [0, 0.1) is 0 Å². The largest absolute Gasteiger partial charge is 0.771 e. The van der Waals surface area contributed by atoms with Gasteiger partial charge < -0.3 is 14.8 Å². The van der Waals surface area contributed by atoms with E-state index < -0.39 is 17.0 Å². The summed E-state index contributed by atoms with van der Waals surface area (Å²) < 4.78 is 18.2.